The van der Waals surface area contributed by atoms with Crippen LogP contribution in [0.4, 0.5) is 6.01 Å². The van der Waals surface area contributed by atoms with Crippen LogP contribution in [0, 0.1) is 0 Å². The first kappa shape index (κ1) is 10.5. The van der Waals surface area contributed by atoms with Crippen LogP contribution < -0.4 is 5.32 Å². The van der Waals surface area contributed by atoms with E-state index in [2.05, 4.69) is 22.4 Å². The standard InChI is InChI=1S/C11H19N3O/c1-2-6-10-13-11(15-14-10)12-9-7-4-3-5-8-9/h9H,2-8H2,1H3,(H,12,13,14). The summed E-state index contributed by atoms with van der Waals surface area (Å²) in [7, 11) is 0. The van der Waals surface area contributed by atoms with E-state index in [0.717, 1.165) is 18.7 Å². The predicted molar refractivity (Wildman–Crippen MR) is 58.8 cm³/mol. The molecule has 2 rings (SSSR count). The van der Waals surface area contributed by atoms with Crippen molar-refractivity contribution in [1.82, 2.24) is 10.1 Å². The molecule has 0 radical (unpaired) electrons. The van der Waals surface area contributed by atoms with Crippen LogP contribution in [0.3, 0.4) is 0 Å². The largest absolute Gasteiger partial charge is 0.335 e. The summed E-state index contributed by atoms with van der Waals surface area (Å²) >= 11 is 0. The second-order valence-electron chi connectivity index (χ2n) is 4.25. The van der Waals surface area contributed by atoms with Crippen molar-refractivity contribution in [3.8, 4) is 0 Å². The number of rotatable bonds is 4. The first-order chi connectivity index (χ1) is 7.38. The molecule has 4 nitrogen and oxygen atoms in total. The van der Waals surface area contributed by atoms with E-state index in [4.69, 9.17) is 4.52 Å². The van der Waals surface area contributed by atoms with Crippen LogP contribution in [-0.2, 0) is 6.42 Å². The van der Waals surface area contributed by atoms with Crippen molar-refractivity contribution in [2.45, 2.75) is 57.9 Å². The van der Waals surface area contributed by atoms with Crippen LogP contribution >= 0.6 is 0 Å². The number of nitrogens with one attached hydrogen (secondary N) is 1. The summed E-state index contributed by atoms with van der Waals surface area (Å²) in [6.07, 6.45) is 8.40. The fourth-order valence-corrected chi connectivity index (χ4v) is 2.06. The second kappa shape index (κ2) is 5.14. The van der Waals surface area contributed by atoms with E-state index in [9.17, 15) is 0 Å². The summed E-state index contributed by atoms with van der Waals surface area (Å²) in [6, 6.07) is 1.14. The molecule has 0 atom stereocenters. The number of hydrogen-bond donors (Lipinski definition) is 1. The van der Waals surface area contributed by atoms with E-state index < -0.39 is 0 Å². The average Bonchev–Trinajstić information content (AvgIpc) is 2.68. The van der Waals surface area contributed by atoms with Crippen LogP contribution in [0.1, 0.15) is 51.3 Å². The highest BCUT2D eigenvalue weighted by molar-refractivity contribution is 5.20. The van der Waals surface area contributed by atoms with Gasteiger partial charge in [-0.3, -0.25) is 0 Å². The van der Waals surface area contributed by atoms with Gasteiger partial charge in [-0.15, -0.1) is 0 Å². The molecule has 0 unspecified atom stereocenters. The highest BCUT2D eigenvalue weighted by Gasteiger charge is 2.15. The fraction of sp³-hybridized carbons (Fsp3) is 0.818. The molecular formula is C11H19N3O. The van der Waals surface area contributed by atoms with Crippen molar-refractivity contribution >= 4 is 6.01 Å². The topological polar surface area (TPSA) is 51.0 Å². The molecule has 84 valence electrons. The molecule has 0 bridgehead atoms. The molecule has 1 aliphatic carbocycles. The number of aromatic nitrogens is 2. The van der Waals surface area contributed by atoms with Gasteiger partial charge in [0, 0.05) is 12.5 Å². The zero-order valence-electron chi connectivity index (χ0n) is 9.33. The molecule has 1 fully saturated rings. The lowest BCUT2D eigenvalue weighted by Gasteiger charge is -2.21. The summed E-state index contributed by atoms with van der Waals surface area (Å²) in [6.45, 7) is 2.12. The molecular weight excluding hydrogens is 190 g/mol. The van der Waals surface area contributed by atoms with Crippen LogP contribution in [0.2, 0.25) is 0 Å². The first-order valence-electron chi connectivity index (χ1n) is 5.97. The quantitative estimate of drug-likeness (QED) is 0.828. The maximum absolute atomic E-state index is 5.15. The maximum atomic E-state index is 5.15. The molecule has 1 heterocycles. The van der Waals surface area contributed by atoms with Gasteiger partial charge in [0.15, 0.2) is 5.82 Å². The van der Waals surface area contributed by atoms with E-state index in [-0.39, 0.29) is 0 Å². The molecule has 15 heavy (non-hydrogen) atoms. The summed E-state index contributed by atoms with van der Waals surface area (Å²) < 4.78 is 5.15. The van der Waals surface area contributed by atoms with Crippen molar-refractivity contribution < 1.29 is 4.52 Å². The number of nitrogens with zero attached hydrogens (tertiary/aromatic N) is 2. The van der Waals surface area contributed by atoms with Crippen molar-refractivity contribution in [2.24, 2.45) is 0 Å². The van der Waals surface area contributed by atoms with Crippen LogP contribution in [0.25, 0.3) is 0 Å². The number of anilines is 1. The summed E-state index contributed by atoms with van der Waals surface area (Å²) in [5.41, 5.74) is 0. The van der Waals surface area contributed by atoms with Gasteiger partial charge in [0.1, 0.15) is 0 Å². The second-order valence-corrected chi connectivity index (χ2v) is 4.25. The highest BCUT2D eigenvalue weighted by atomic mass is 16.5. The maximum Gasteiger partial charge on any atom is 0.321 e. The Morgan fingerprint density at radius 1 is 1.33 bits per heavy atom. The minimum atomic E-state index is 0.536. The Morgan fingerprint density at radius 2 is 2.13 bits per heavy atom. The zero-order valence-corrected chi connectivity index (χ0v) is 9.33. The van der Waals surface area contributed by atoms with Gasteiger partial charge in [-0.25, -0.2) is 0 Å². The Bertz CT molecular complexity index is 292. The van der Waals surface area contributed by atoms with Gasteiger partial charge in [-0.2, -0.15) is 4.98 Å². The van der Waals surface area contributed by atoms with E-state index >= 15 is 0 Å². The van der Waals surface area contributed by atoms with E-state index in [1.165, 1.54) is 32.1 Å². The SMILES string of the molecule is CCCc1noc(NC2CCCCC2)n1. The lowest BCUT2D eigenvalue weighted by atomic mass is 9.96. The minimum absolute atomic E-state index is 0.536. The Morgan fingerprint density at radius 3 is 2.87 bits per heavy atom. The third-order valence-corrected chi connectivity index (χ3v) is 2.87. The minimum Gasteiger partial charge on any atom is -0.335 e. The van der Waals surface area contributed by atoms with Crippen molar-refractivity contribution in [2.75, 3.05) is 5.32 Å². The third-order valence-electron chi connectivity index (χ3n) is 2.87. The summed E-state index contributed by atoms with van der Waals surface area (Å²) in [4.78, 5) is 4.31. The van der Waals surface area contributed by atoms with Gasteiger partial charge in [0.25, 0.3) is 0 Å². The molecule has 1 aromatic heterocycles. The number of aryl methyl sites for hydroxylation is 1. The predicted octanol–water partition coefficient (Wildman–Crippen LogP) is 2.77. The third kappa shape index (κ3) is 2.94. The molecule has 0 spiro atoms. The molecule has 1 aromatic rings. The Balaban J connectivity index is 1.86. The van der Waals surface area contributed by atoms with Crippen LogP contribution in [0.5, 0.6) is 0 Å². The summed E-state index contributed by atoms with van der Waals surface area (Å²) in [5, 5.41) is 7.24. The van der Waals surface area contributed by atoms with Gasteiger partial charge >= 0.3 is 6.01 Å². The fourth-order valence-electron chi connectivity index (χ4n) is 2.06. The molecule has 0 amide bonds. The Hall–Kier alpha value is -1.06. The molecule has 4 heteroatoms. The molecule has 1 saturated carbocycles. The Labute approximate surface area is 90.4 Å². The lowest BCUT2D eigenvalue weighted by Crippen LogP contribution is -2.22. The normalized spacial score (nSPS) is 17.9. The molecule has 1 N–H and O–H groups in total. The van der Waals surface area contributed by atoms with Crippen molar-refractivity contribution in [1.29, 1.82) is 0 Å². The highest BCUT2D eigenvalue weighted by Crippen LogP contribution is 2.20. The smallest absolute Gasteiger partial charge is 0.321 e. The average molecular weight is 209 g/mol. The molecule has 1 aliphatic rings. The van der Waals surface area contributed by atoms with Crippen LogP contribution in [0.15, 0.2) is 4.52 Å². The zero-order chi connectivity index (χ0) is 10.5. The lowest BCUT2D eigenvalue weighted by molar-refractivity contribution is 0.402. The number of hydrogen-bond acceptors (Lipinski definition) is 4. The van der Waals surface area contributed by atoms with Gasteiger partial charge in [0.2, 0.25) is 0 Å². The van der Waals surface area contributed by atoms with E-state index in [1.807, 2.05) is 0 Å². The van der Waals surface area contributed by atoms with Crippen molar-refractivity contribution in [3.63, 3.8) is 0 Å². The van der Waals surface area contributed by atoms with E-state index in [1.54, 1.807) is 0 Å². The molecule has 0 aliphatic heterocycles. The van der Waals surface area contributed by atoms with Gasteiger partial charge in [-0.05, 0) is 19.3 Å². The monoisotopic (exact) mass is 209 g/mol. The van der Waals surface area contributed by atoms with E-state index in [0.29, 0.717) is 12.1 Å². The molecule has 0 aromatic carbocycles. The first-order valence-corrected chi connectivity index (χ1v) is 5.97. The Kier molecular flexibility index (Phi) is 3.59. The summed E-state index contributed by atoms with van der Waals surface area (Å²) in [5.74, 6) is 0.816. The van der Waals surface area contributed by atoms with Gasteiger partial charge in [0.05, 0.1) is 0 Å². The molecule has 0 saturated heterocycles. The van der Waals surface area contributed by atoms with Gasteiger partial charge in [-0.1, -0.05) is 31.3 Å². The van der Waals surface area contributed by atoms with Crippen LogP contribution in [-0.4, -0.2) is 16.2 Å². The van der Waals surface area contributed by atoms with Crippen molar-refractivity contribution in [3.05, 3.63) is 5.82 Å². The van der Waals surface area contributed by atoms with Gasteiger partial charge < -0.3 is 9.84 Å².